The Labute approximate surface area is 266 Å². The molecule has 4 aromatic carbocycles. The third-order valence-electron chi connectivity index (χ3n) is 9.17. The Morgan fingerprint density at radius 1 is 0.488 bits per heavy atom. The predicted molar refractivity (Wildman–Crippen MR) is 174 cm³/mol. The lowest BCUT2D eigenvalue weighted by molar-refractivity contribution is -0.00397. The number of hydrogen-bond acceptors (Lipinski definition) is 6. The van der Waals surface area contributed by atoms with Gasteiger partial charge in [-0.25, -0.2) is 0 Å². The maximum Gasteiger partial charge on any atom is 0.146 e. The summed E-state index contributed by atoms with van der Waals surface area (Å²) in [6.45, 7) is 0. The van der Waals surface area contributed by atoms with Crippen LogP contribution in [0.3, 0.4) is 0 Å². The number of ether oxygens (including phenoxy) is 3. The highest BCUT2D eigenvalue weighted by Crippen LogP contribution is 2.63. The first-order valence-electron chi connectivity index (χ1n) is 14.6. The molecule has 6 nitrogen and oxygen atoms in total. The van der Waals surface area contributed by atoms with Crippen molar-refractivity contribution in [2.24, 2.45) is 23.7 Å². The van der Waals surface area contributed by atoms with E-state index in [4.69, 9.17) is 66.2 Å². The Morgan fingerprint density at radius 3 is 1.28 bits per heavy atom. The first-order chi connectivity index (χ1) is 20.7. The summed E-state index contributed by atoms with van der Waals surface area (Å²) in [5.41, 5.74) is 20.5. The van der Waals surface area contributed by atoms with Crippen LogP contribution < -0.4 is 31.4 Å². The van der Waals surface area contributed by atoms with Crippen molar-refractivity contribution in [2.75, 3.05) is 17.2 Å². The molecule has 0 aliphatic heterocycles. The fourth-order valence-electron chi connectivity index (χ4n) is 7.69. The molecule has 0 unspecified atom stereocenters. The SMILES string of the molecule is Nc1ccc(Oc2cc(Oc3ccc(N)cc3Cl)c(C3C4CC5CC(C4)CC3C5)c(Oc3ccc(N)cc3Cl)c2)c(Cl)c1. The first kappa shape index (κ1) is 28.3. The summed E-state index contributed by atoms with van der Waals surface area (Å²) in [6.07, 6.45) is 6.19. The molecule has 4 bridgehead atoms. The van der Waals surface area contributed by atoms with Crippen LogP contribution >= 0.6 is 34.8 Å². The monoisotopic (exact) mass is 635 g/mol. The van der Waals surface area contributed by atoms with Crippen LogP contribution in [0.5, 0.6) is 34.5 Å². The number of benzene rings is 4. The third-order valence-corrected chi connectivity index (χ3v) is 10.1. The highest BCUT2D eigenvalue weighted by Gasteiger charge is 2.50. The summed E-state index contributed by atoms with van der Waals surface area (Å²) in [7, 11) is 0. The molecule has 9 heteroatoms. The molecule has 43 heavy (non-hydrogen) atoms. The molecule has 4 aliphatic rings. The fraction of sp³-hybridized carbons (Fsp3) is 0.294. The average molecular weight is 637 g/mol. The molecule has 0 saturated heterocycles. The van der Waals surface area contributed by atoms with Crippen LogP contribution in [0.25, 0.3) is 0 Å². The van der Waals surface area contributed by atoms with Crippen LogP contribution in [0.1, 0.15) is 43.6 Å². The Balaban J connectivity index is 1.40. The summed E-state index contributed by atoms with van der Waals surface area (Å²) in [5.74, 6) is 6.00. The fourth-order valence-corrected chi connectivity index (χ4v) is 8.38. The van der Waals surface area contributed by atoms with E-state index >= 15 is 0 Å². The van der Waals surface area contributed by atoms with Gasteiger partial charge < -0.3 is 31.4 Å². The van der Waals surface area contributed by atoms with Gasteiger partial charge in [0.15, 0.2) is 0 Å². The molecule has 0 spiro atoms. The third kappa shape index (κ3) is 5.64. The topological polar surface area (TPSA) is 106 Å². The van der Waals surface area contributed by atoms with Gasteiger partial charge in [-0.15, -0.1) is 0 Å². The van der Waals surface area contributed by atoms with Crippen LogP contribution in [0.15, 0.2) is 66.7 Å². The van der Waals surface area contributed by atoms with Crippen molar-refractivity contribution < 1.29 is 14.2 Å². The van der Waals surface area contributed by atoms with Crippen molar-refractivity contribution in [3.63, 3.8) is 0 Å². The van der Waals surface area contributed by atoms with E-state index in [1.54, 1.807) is 54.6 Å². The van der Waals surface area contributed by atoms with Gasteiger partial charge in [0.2, 0.25) is 0 Å². The van der Waals surface area contributed by atoms with Crippen molar-refractivity contribution in [3.8, 4) is 34.5 Å². The number of hydrogen-bond donors (Lipinski definition) is 3. The number of nitrogens with two attached hydrogens (primary N) is 3. The van der Waals surface area contributed by atoms with E-state index in [-0.39, 0.29) is 5.92 Å². The van der Waals surface area contributed by atoms with Crippen LogP contribution in [0.2, 0.25) is 15.1 Å². The molecular weight excluding hydrogens is 605 g/mol. The van der Waals surface area contributed by atoms with E-state index in [1.807, 2.05) is 12.1 Å². The molecule has 0 radical (unpaired) electrons. The van der Waals surface area contributed by atoms with Gasteiger partial charge in [0.05, 0.1) is 15.1 Å². The standard InChI is InChI=1S/C34H32Cl3N3O3/c35-25-12-21(38)1-4-28(25)41-24-15-31(42-29-5-2-22(39)13-26(29)36)34(32(16-24)43-30-6-3-23(40)14-27(30)37)33-19-8-17-7-18(10-19)11-20(33)9-17/h1-6,12-20,33H,7-11,38-40H2. The molecule has 4 fully saturated rings. The summed E-state index contributed by atoms with van der Waals surface area (Å²) in [4.78, 5) is 0. The molecular formula is C34H32Cl3N3O3. The van der Waals surface area contributed by atoms with E-state index in [9.17, 15) is 0 Å². The minimum absolute atomic E-state index is 0.243. The molecule has 0 heterocycles. The van der Waals surface area contributed by atoms with E-state index < -0.39 is 0 Å². The van der Waals surface area contributed by atoms with Crippen LogP contribution in [0.4, 0.5) is 17.1 Å². The lowest BCUT2D eigenvalue weighted by Crippen LogP contribution is -2.43. The van der Waals surface area contributed by atoms with E-state index in [1.165, 1.54) is 32.1 Å². The minimum atomic E-state index is 0.243. The predicted octanol–water partition coefficient (Wildman–Crippen LogP) is 10.3. The maximum absolute atomic E-state index is 6.65. The van der Waals surface area contributed by atoms with E-state index in [2.05, 4.69) is 0 Å². The maximum atomic E-state index is 6.65. The van der Waals surface area contributed by atoms with Crippen LogP contribution in [-0.4, -0.2) is 0 Å². The van der Waals surface area contributed by atoms with Crippen molar-refractivity contribution >= 4 is 51.9 Å². The van der Waals surface area contributed by atoms with Crippen molar-refractivity contribution in [3.05, 3.63) is 87.4 Å². The summed E-state index contributed by atoms with van der Waals surface area (Å²) in [6, 6.07) is 19.3. The Kier molecular flexibility index (Phi) is 7.40. The summed E-state index contributed by atoms with van der Waals surface area (Å²) >= 11 is 19.7. The Bertz CT molecular complexity index is 1610. The molecule has 0 atom stereocenters. The second-order valence-corrected chi connectivity index (χ2v) is 13.4. The Morgan fingerprint density at radius 2 is 0.884 bits per heavy atom. The average Bonchev–Trinajstić information content (AvgIpc) is 2.94. The lowest BCUT2D eigenvalue weighted by Gasteiger charge is -2.54. The molecule has 6 N–H and O–H groups in total. The van der Waals surface area contributed by atoms with Crippen molar-refractivity contribution in [1.82, 2.24) is 0 Å². The zero-order valence-electron chi connectivity index (χ0n) is 23.4. The van der Waals surface area contributed by atoms with Gasteiger partial charge in [0.1, 0.15) is 34.5 Å². The number of anilines is 3. The molecule has 4 aromatic rings. The van der Waals surface area contributed by atoms with Crippen LogP contribution in [0, 0.1) is 23.7 Å². The van der Waals surface area contributed by atoms with Gasteiger partial charge >= 0.3 is 0 Å². The largest absolute Gasteiger partial charge is 0.456 e. The molecule has 4 aliphatic carbocycles. The second-order valence-electron chi connectivity index (χ2n) is 12.2. The van der Waals surface area contributed by atoms with Gasteiger partial charge in [-0.05, 0) is 116 Å². The molecule has 0 aromatic heterocycles. The van der Waals surface area contributed by atoms with Gasteiger partial charge in [0, 0.05) is 34.8 Å². The molecule has 0 amide bonds. The summed E-state index contributed by atoms with van der Waals surface area (Å²) in [5, 5.41) is 1.21. The normalized spacial score (nSPS) is 23.7. The van der Waals surface area contributed by atoms with Crippen LogP contribution in [-0.2, 0) is 0 Å². The van der Waals surface area contributed by atoms with Gasteiger partial charge in [-0.3, -0.25) is 0 Å². The van der Waals surface area contributed by atoms with E-state index in [0.717, 1.165) is 17.4 Å². The highest BCUT2D eigenvalue weighted by molar-refractivity contribution is 6.33. The zero-order valence-corrected chi connectivity index (χ0v) is 25.6. The first-order valence-corrected chi connectivity index (χ1v) is 15.7. The van der Waals surface area contributed by atoms with Crippen molar-refractivity contribution in [1.29, 1.82) is 0 Å². The number of rotatable bonds is 7. The van der Waals surface area contributed by atoms with Gasteiger partial charge in [-0.2, -0.15) is 0 Å². The van der Waals surface area contributed by atoms with E-state index in [0.29, 0.717) is 78.5 Å². The zero-order chi connectivity index (χ0) is 29.8. The van der Waals surface area contributed by atoms with Gasteiger partial charge in [-0.1, -0.05) is 34.8 Å². The lowest BCUT2D eigenvalue weighted by atomic mass is 9.50. The Hall–Kier alpha value is -3.45. The number of halogens is 3. The number of nitrogen functional groups attached to an aromatic ring is 3. The molecule has 4 saturated carbocycles. The van der Waals surface area contributed by atoms with Crippen molar-refractivity contribution in [2.45, 2.75) is 38.0 Å². The summed E-state index contributed by atoms with van der Waals surface area (Å²) < 4.78 is 19.6. The molecule has 8 rings (SSSR count). The second kappa shape index (κ2) is 11.2. The highest BCUT2D eigenvalue weighted by atomic mass is 35.5. The van der Waals surface area contributed by atoms with Gasteiger partial charge in [0.25, 0.3) is 0 Å². The quantitative estimate of drug-likeness (QED) is 0.174. The minimum Gasteiger partial charge on any atom is -0.456 e. The molecule has 222 valence electrons. The smallest absolute Gasteiger partial charge is 0.146 e.